The van der Waals surface area contributed by atoms with Crippen molar-refractivity contribution in [3.05, 3.63) is 88.2 Å². The molecule has 1 fully saturated rings. The minimum atomic E-state index is -0.214. The molecule has 3 aromatic rings. The van der Waals surface area contributed by atoms with E-state index in [4.69, 9.17) is 4.74 Å². The number of ether oxygens (including phenoxy) is 1. The van der Waals surface area contributed by atoms with Gasteiger partial charge in [-0.15, -0.1) is 0 Å². The van der Waals surface area contributed by atoms with Gasteiger partial charge in [0.2, 0.25) is 0 Å². The van der Waals surface area contributed by atoms with Crippen molar-refractivity contribution in [3.63, 3.8) is 0 Å². The van der Waals surface area contributed by atoms with E-state index >= 15 is 0 Å². The second-order valence-corrected chi connectivity index (χ2v) is 8.52. The molecule has 1 aromatic heterocycles. The Morgan fingerprint density at radius 2 is 1.76 bits per heavy atom. The van der Waals surface area contributed by atoms with Crippen molar-refractivity contribution in [1.82, 2.24) is 9.88 Å². The quantitative estimate of drug-likeness (QED) is 0.577. The summed E-state index contributed by atoms with van der Waals surface area (Å²) in [6, 6.07) is 13.0. The van der Waals surface area contributed by atoms with E-state index in [2.05, 4.69) is 10.3 Å². The molecular formula is C27H29N3O3. The van der Waals surface area contributed by atoms with Crippen LogP contribution in [0.15, 0.2) is 54.9 Å². The van der Waals surface area contributed by atoms with Gasteiger partial charge in [0.1, 0.15) is 12.4 Å². The zero-order valence-electron chi connectivity index (χ0n) is 19.4. The number of amides is 2. The number of likely N-dealkylation sites (tertiary alicyclic amines) is 1. The number of aryl methyl sites for hydroxylation is 2. The summed E-state index contributed by atoms with van der Waals surface area (Å²) in [4.78, 5) is 31.9. The molecule has 1 aliphatic rings. The molecule has 0 bridgehead atoms. The molecule has 6 heteroatoms. The summed E-state index contributed by atoms with van der Waals surface area (Å²) in [5.74, 6) is 0.585. The predicted octanol–water partition coefficient (Wildman–Crippen LogP) is 5.07. The van der Waals surface area contributed by atoms with Gasteiger partial charge in [0.05, 0.1) is 0 Å². The van der Waals surface area contributed by atoms with Gasteiger partial charge in [-0.3, -0.25) is 14.6 Å². The highest BCUT2D eigenvalue weighted by atomic mass is 16.5. The molecule has 0 aliphatic carbocycles. The number of carbonyl (C=O) groups excluding carboxylic acids is 2. The molecule has 1 saturated heterocycles. The Morgan fingerprint density at radius 3 is 2.42 bits per heavy atom. The van der Waals surface area contributed by atoms with Crippen molar-refractivity contribution in [2.24, 2.45) is 0 Å². The van der Waals surface area contributed by atoms with Gasteiger partial charge in [-0.25, -0.2) is 0 Å². The fourth-order valence-electron chi connectivity index (χ4n) is 4.24. The minimum absolute atomic E-state index is 0.0305. The fraction of sp³-hybridized carbons (Fsp3) is 0.296. The first kappa shape index (κ1) is 22.5. The van der Waals surface area contributed by atoms with Gasteiger partial charge in [0.15, 0.2) is 0 Å². The van der Waals surface area contributed by atoms with Gasteiger partial charge in [-0.1, -0.05) is 12.1 Å². The van der Waals surface area contributed by atoms with Crippen molar-refractivity contribution in [3.8, 4) is 5.75 Å². The number of nitrogens with zero attached hydrogens (tertiary/aromatic N) is 2. The van der Waals surface area contributed by atoms with E-state index in [-0.39, 0.29) is 11.8 Å². The molecule has 1 aliphatic heterocycles. The molecule has 0 saturated carbocycles. The van der Waals surface area contributed by atoms with Crippen LogP contribution in [-0.2, 0) is 6.61 Å². The predicted molar refractivity (Wildman–Crippen MR) is 129 cm³/mol. The number of aromatic nitrogens is 1. The molecule has 2 aromatic carbocycles. The molecule has 2 amide bonds. The molecule has 33 heavy (non-hydrogen) atoms. The summed E-state index contributed by atoms with van der Waals surface area (Å²) in [6.45, 7) is 7.75. The summed E-state index contributed by atoms with van der Waals surface area (Å²) in [5, 5.41) is 2.99. The van der Waals surface area contributed by atoms with E-state index in [1.807, 2.05) is 68.1 Å². The van der Waals surface area contributed by atoms with Crippen LogP contribution in [0.4, 0.5) is 5.69 Å². The van der Waals surface area contributed by atoms with Gasteiger partial charge in [0.25, 0.3) is 11.8 Å². The van der Waals surface area contributed by atoms with Crippen LogP contribution in [0, 0.1) is 20.8 Å². The van der Waals surface area contributed by atoms with Crippen molar-refractivity contribution < 1.29 is 14.3 Å². The normalized spacial score (nSPS) is 13.1. The summed E-state index contributed by atoms with van der Waals surface area (Å²) in [6.07, 6.45) is 5.59. The highest BCUT2D eigenvalue weighted by molar-refractivity contribution is 6.06. The Balaban J connectivity index is 1.49. The highest BCUT2D eigenvalue weighted by Crippen LogP contribution is 2.27. The van der Waals surface area contributed by atoms with Crippen LogP contribution in [-0.4, -0.2) is 34.8 Å². The zero-order valence-corrected chi connectivity index (χ0v) is 19.4. The van der Waals surface area contributed by atoms with Gasteiger partial charge in [0, 0.05) is 47.9 Å². The number of carbonyl (C=O) groups is 2. The summed E-state index contributed by atoms with van der Waals surface area (Å²) in [7, 11) is 0. The van der Waals surface area contributed by atoms with Crippen molar-refractivity contribution in [2.75, 3.05) is 18.4 Å². The van der Waals surface area contributed by atoms with E-state index in [9.17, 15) is 9.59 Å². The largest absolute Gasteiger partial charge is 0.488 e. The summed E-state index contributed by atoms with van der Waals surface area (Å²) < 4.78 is 6.00. The fourth-order valence-corrected chi connectivity index (χ4v) is 4.24. The van der Waals surface area contributed by atoms with Crippen molar-refractivity contribution in [2.45, 2.75) is 40.2 Å². The zero-order chi connectivity index (χ0) is 23.4. The van der Waals surface area contributed by atoms with E-state index in [1.165, 1.54) is 0 Å². The second kappa shape index (κ2) is 9.86. The van der Waals surface area contributed by atoms with E-state index in [0.29, 0.717) is 23.4 Å². The lowest BCUT2D eigenvalue weighted by atomic mass is 10.0. The molecule has 4 rings (SSSR count). The lowest BCUT2D eigenvalue weighted by molar-refractivity contribution is 0.0791. The van der Waals surface area contributed by atoms with Crippen molar-refractivity contribution in [1.29, 1.82) is 0 Å². The van der Waals surface area contributed by atoms with Crippen LogP contribution in [0.25, 0.3) is 0 Å². The van der Waals surface area contributed by atoms with E-state index < -0.39 is 0 Å². The lowest BCUT2D eigenvalue weighted by Gasteiger charge is -2.19. The maximum absolute atomic E-state index is 13.0. The number of hydrogen-bond donors (Lipinski definition) is 1. The highest BCUT2D eigenvalue weighted by Gasteiger charge is 2.22. The SMILES string of the molecule is Cc1cc(C(=O)Nc2cccc(C(=O)N3CCCC3)c2C)cc(C)c1OCc1cccnc1. The first-order valence-electron chi connectivity index (χ1n) is 11.3. The molecule has 0 atom stereocenters. The standard InChI is InChI=1S/C27H29N3O3/c1-18-14-22(15-19(2)25(18)33-17-21-8-7-11-28-16-21)26(31)29-24-10-6-9-23(20(24)3)27(32)30-12-4-5-13-30/h6-11,14-16H,4-5,12-13,17H2,1-3H3,(H,29,31). The van der Waals surface area contributed by atoms with E-state index in [0.717, 1.165) is 53.9 Å². The van der Waals surface area contributed by atoms with Crippen molar-refractivity contribution >= 4 is 17.5 Å². The number of rotatable bonds is 6. The van der Waals surface area contributed by atoms with Crippen LogP contribution in [0.1, 0.15) is 55.8 Å². The summed E-state index contributed by atoms with van der Waals surface area (Å²) >= 11 is 0. The molecule has 6 nitrogen and oxygen atoms in total. The number of hydrogen-bond acceptors (Lipinski definition) is 4. The van der Waals surface area contributed by atoms with Gasteiger partial charge >= 0.3 is 0 Å². The molecule has 0 radical (unpaired) electrons. The van der Waals surface area contributed by atoms with Gasteiger partial charge < -0.3 is 15.0 Å². The van der Waals surface area contributed by atoms with E-state index in [1.54, 1.807) is 12.4 Å². The topological polar surface area (TPSA) is 71.5 Å². The number of benzene rings is 2. The summed E-state index contributed by atoms with van der Waals surface area (Å²) in [5.41, 5.74) is 5.38. The Labute approximate surface area is 194 Å². The first-order valence-corrected chi connectivity index (χ1v) is 11.3. The first-order chi connectivity index (χ1) is 15.9. The molecular weight excluding hydrogens is 414 g/mol. The average molecular weight is 444 g/mol. The maximum Gasteiger partial charge on any atom is 0.255 e. The van der Waals surface area contributed by atoms with Gasteiger partial charge in [-0.05, 0) is 80.6 Å². The molecule has 1 N–H and O–H groups in total. The Morgan fingerprint density at radius 1 is 1.03 bits per heavy atom. The third-order valence-corrected chi connectivity index (χ3v) is 6.03. The van der Waals surface area contributed by atoms with Crippen LogP contribution in [0.2, 0.25) is 0 Å². The molecule has 0 unspecified atom stereocenters. The van der Waals surface area contributed by atoms with Gasteiger partial charge in [-0.2, -0.15) is 0 Å². The Hall–Kier alpha value is -3.67. The maximum atomic E-state index is 13.0. The lowest BCUT2D eigenvalue weighted by Crippen LogP contribution is -2.28. The smallest absolute Gasteiger partial charge is 0.255 e. The number of nitrogens with one attached hydrogen (secondary N) is 1. The van der Waals surface area contributed by atoms with Crippen LogP contribution in [0.5, 0.6) is 5.75 Å². The number of pyridine rings is 1. The Bertz CT molecular complexity index is 1150. The monoisotopic (exact) mass is 443 g/mol. The Kier molecular flexibility index (Phi) is 6.73. The van der Waals surface area contributed by atoms with Crippen LogP contribution in [0.3, 0.4) is 0 Å². The number of anilines is 1. The molecule has 170 valence electrons. The third kappa shape index (κ3) is 5.06. The van der Waals surface area contributed by atoms with Crippen LogP contribution < -0.4 is 10.1 Å². The minimum Gasteiger partial charge on any atom is -0.488 e. The second-order valence-electron chi connectivity index (χ2n) is 8.52. The molecule has 0 spiro atoms. The molecule has 2 heterocycles. The average Bonchev–Trinajstić information content (AvgIpc) is 3.35. The van der Waals surface area contributed by atoms with Crippen LogP contribution >= 0.6 is 0 Å². The third-order valence-electron chi connectivity index (χ3n) is 6.03.